The van der Waals surface area contributed by atoms with E-state index in [1.807, 2.05) is 22.4 Å². The number of nitrogens with zero attached hydrogens (tertiary/aromatic N) is 2. The zero-order valence-electron chi connectivity index (χ0n) is 14.3. The Labute approximate surface area is 156 Å². The number of rotatable bonds is 6. The molecule has 1 N–H and O–H groups in total. The SMILES string of the molecule is CC(=O)N[C@@H](CC(=O)N1CCN(Cc2cccs2)CC1)c1cccs1. The van der Waals surface area contributed by atoms with Crippen LogP contribution in [0.25, 0.3) is 0 Å². The maximum atomic E-state index is 12.7. The molecule has 3 heterocycles. The monoisotopic (exact) mass is 377 g/mol. The van der Waals surface area contributed by atoms with Crippen molar-refractivity contribution in [2.75, 3.05) is 26.2 Å². The Balaban J connectivity index is 1.52. The molecule has 1 aliphatic rings. The van der Waals surface area contributed by atoms with E-state index >= 15 is 0 Å². The van der Waals surface area contributed by atoms with Gasteiger partial charge in [-0.25, -0.2) is 0 Å². The Morgan fingerprint density at radius 1 is 1.12 bits per heavy atom. The van der Waals surface area contributed by atoms with E-state index in [9.17, 15) is 9.59 Å². The van der Waals surface area contributed by atoms with Gasteiger partial charge in [-0.2, -0.15) is 0 Å². The van der Waals surface area contributed by atoms with Gasteiger partial charge in [-0.1, -0.05) is 12.1 Å². The van der Waals surface area contributed by atoms with Gasteiger partial charge < -0.3 is 10.2 Å². The maximum Gasteiger partial charge on any atom is 0.225 e. The largest absolute Gasteiger partial charge is 0.348 e. The van der Waals surface area contributed by atoms with Crippen LogP contribution >= 0.6 is 22.7 Å². The van der Waals surface area contributed by atoms with E-state index in [0.717, 1.165) is 37.6 Å². The first-order chi connectivity index (χ1) is 12.1. The predicted octanol–water partition coefficient (Wildman–Crippen LogP) is 2.72. The standard InChI is InChI=1S/C18H23N3O2S2/c1-14(22)19-16(17-5-3-11-25-17)12-18(23)21-8-6-20(7-9-21)13-15-4-2-10-24-15/h2-5,10-11,16H,6-9,12-13H2,1H3,(H,19,22)/t16-/m0/s1. The average Bonchev–Trinajstić information content (AvgIpc) is 3.28. The molecule has 5 nitrogen and oxygen atoms in total. The van der Waals surface area contributed by atoms with Gasteiger partial charge in [0, 0.05) is 49.4 Å². The fourth-order valence-corrected chi connectivity index (χ4v) is 4.56. The highest BCUT2D eigenvalue weighted by Gasteiger charge is 2.25. The lowest BCUT2D eigenvalue weighted by molar-refractivity contribution is -0.133. The van der Waals surface area contributed by atoms with Crippen molar-refractivity contribution in [3.63, 3.8) is 0 Å². The highest BCUT2D eigenvalue weighted by atomic mass is 32.1. The molecule has 7 heteroatoms. The minimum Gasteiger partial charge on any atom is -0.348 e. The summed E-state index contributed by atoms with van der Waals surface area (Å²) in [7, 11) is 0. The molecule has 0 bridgehead atoms. The van der Waals surface area contributed by atoms with E-state index in [2.05, 4.69) is 27.7 Å². The molecule has 0 aromatic carbocycles. The molecule has 134 valence electrons. The predicted molar refractivity (Wildman–Crippen MR) is 102 cm³/mol. The Hall–Kier alpha value is -1.70. The van der Waals surface area contributed by atoms with Crippen molar-refractivity contribution in [2.24, 2.45) is 0 Å². The molecule has 1 fully saturated rings. The van der Waals surface area contributed by atoms with Crippen LogP contribution in [0.2, 0.25) is 0 Å². The van der Waals surface area contributed by atoms with Crippen LogP contribution in [0.3, 0.4) is 0 Å². The average molecular weight is 378 g/mol. The van der Waals surface area contributed by atoms with Crippen molar-refractivity contribution in [1.29, 1.82) is 0 Å². The van der Waals surface area contributed by atoms with Crippen molar-refractivity contribution in [3.8, 4) is 0 Å². The van der Waals surface area contributed by atoms with E-state index in [1.165, 1.54) is 11.8 Å². The number of carbonyl (C=O) groups is 2. The molecule has 2 aromatic heterocycles. The zero-order valence-corrected chi connectivity index (χ0v) is 15.9. The Kier molecular flexibility index (Phi) is 6.23. The summed E-state index contributed by atoms with van der Waals surface area (Å²) in [5, 5.41) is 6.97. The number of piperazine rings is 1. The third kappa shape index (κ3) is 5.14. The van der Waals surface area contributed by atoms with Crippen LogP contribution in [0, 0.1) is 0 Å². The minimum absolute atomic E-state index is 0.105. The van der Waals surface area contributed by atoms with Crippen LogP contribution in [-0.4, -0.2) is 47.8 Å². The summed E-state index contributed by atoms with van der Waals surface area (Å²) in [6.45, 7) is 5.75. The third-order valence-electron chi connectivity index (χ3n) is 4.33. The van der Waals surface area contributed by atoms with Crippen LogP contribution in [0.15, 0.2) is 35.0 Å². The van der Waals surface area contributed by atoms with Crippen molar-refractivity contribution < 1.29 is 9.59 Å². The quantitative estimate of drug-likeness (QED) is 0.842. The van der Waals surface area contributed by atoms with Crippen molar-refractivity contribution in [1.82, 2.24) is 15.1 Å². The van der Waals surface area contributed by atoms with Crippen molar-refractivity contribution in [2.45, 2.75) is 25.9 Å². The third-order valence-corrected chi connectivity index (χ3v) is 6.17. The van der Waals surface area contributed by atoms with Crippen LogP contribution in [0.5, 0.6) is 0 Å². The van der Waals surface area contributed by atoms with Gasteiger partial charge in [0.05, 0.1) is 12.5 Å². The Morgan fingerprint density at radius 3 is 2.44 bits per heavy atom. The second-order valence-electron chi connectivity index (χ2n) is 6.21. The summed E-state index contributed by atoms with van der Waals surface area (Å²) in [4.78, 5) is 30.8. The Morgan fingerprint density at radius 2 is 1.84 bits per heavy atom. The van der Waals surface area contributed by atoms with Crippen molar-refractivity contribution in [3.05, 3.63) is 44.8 Å². The molecule has 0 unspecified atom stereocenters. The number of hydrogen-bond acceptors (Lipinski definition) is 5. The lowest BCUT2D eigenvalue weighted by atomic mass is 10.1. The van der Waals surface area contributed by atoms with Gasteiger partial charge in [-0.3, -0.25) is 14.5 Å². The van der Waals surface area contributed by atoms with Crippen LogP contribution in [-0.2, 0) is 16.1 Å². The molecule has 3 rings (SSSR count). The van der Waals surface area contributed by atoms with E-state index < -0.39 is 0 Å². The molecule has 1 aliphatic heterocycles. The maximum absolute atomic E-state index is 12.7. The van der Waals surface area contributed by atoms with Crippen molar-refractivity contribution >= 4 is 34.5 Å². The molecule has 2 amide bonds. The van der Waals surface area contributed by atoms with Gasteiger partial charge >= 0.3 is 0 Å². The zero-order chi connectivity index (χ0) is 17.6. The van der Waals surface area contributed by atoms with Gasteiger partial charge in [0.1, 0.15) is 0 Å². The fourth-order valence-electron chi connectivity index (χ4n) is 3.04. The number of thiophene rings is 2. The first-order valence-electron chi connectivity index (χ1n) is 8.45. The molecular formula is C18H23N3O2S2. The summed E-state index contributed by atoms with van der Waals surface area (Å²) in [5.74, 6) is 0.00916. The number of hydrogen-bond donors (Lipinski definition) is 1. The summed E-state index contributed by atoms with van der Waals surface area (Å²) >= 11 is 3.35. The molecule has 25 heavy (non-hydrogen) atoms. The first-order valence-corrected chi connectivity index (χ1v) is 10.2. The van der Waals surface area contributed by atoms with Gasteiger partial charge in [-0.15, -0.1) is 22.7 Å². The molecule has 0 saturated carbocycles. The molecule has 0 aliphatic carbocycles. The summed E-state index contributed by atoms with van der Waals surface area (Å²) in [6, 6.07) is 7.92. The van der Waals surface area contributed by atoms with E-state index in [1.54, 1.807) is 22.7 Å². The fraction of sp³-hybridized carbons (Fsp3) is 0.444. The van der Waals surface area contributed by atoms with Gasteiger partial charge in [0.25, 0.3) is 0 Å². The van der Waals surface area contributed by atoms with Gasteiger partial charge in [0.2, 0.25) is 11.8 Å². The summed E-state index contributed by atoms with van der Waals surface area (Å²) in [6.07, 6.45) is 0.324. The highest BCUT2D eigenvalue weighted by Crippen LogP contribution is 2.23. The molecule has 1 atom stereocenters. The number of amides is 2. The summed E-state index contributed by atoms with van der Waals surface area (Å²) in [5.41, 5.74) is 0. The number of nitrogens with one attached hydrogen (secondary N) is 1. The minimum atomic E-state index is -0.228. The lowest BCUT2D eigenvalue weighted by Crippen LogP contribution is -2.48. The highest BCUT2D eigenvalue weighted by molar-refractivity contribution is 7.10. The molecule has 0 spiro atoms. The molecule has 0 radical (unpaired) electrons. The van der Waals surface area contributed by atoms with E-state index in [-0.39, 0.29) is 17.9 Å². The first kappa shape index (κ1) is 18.1. The van der Waals surface area contributed by atoms with E-state index in [0.29, 0.717) is 6.42 Å². The van der Waals surface area contributed by atoms with Gasteiger partial charge in [0.15, 0.2) is 0 Å². The van der Waals surface area contributed by atoms with E-state index in [4.69, 9.17) is 0 Å². The second kappa shape index (κ2) is 8.60. The smallest absolute Gasteiger partial charge is 0.225 e. The van der Waals surface area contributed by atoms with Gasteiger partial charge in [-0.05, 0) is 22.9 Å². The Bertz CT molecular complexity index is 677. The number of carbonyl (C=O) groups excluding carboxylic acids is 2. The second-order valence-corrected chi connectivity index (χ2v) is 8.22. The molecular weight excluding hydrogens is 354 g/mol. The normalized spacial score (nSPS) is 16.6. The molecule has 2 aromatic rings. The van der Waals surface area contributed by atoms with Crippen LogP contribution < -0.4 is 5.32 Å². The summed E-state index contributed by atoms with van der Waals surface area (Å²) < 4.78 is 0. The topological polar surface area (TPSA) is 52.7 Å². The van der Waals surface area contributed by atoms with Crippen LogP contribution in [0.4, 0.5) is 0 Å². The van der Waals surface area contributed by atoms with Crippen LogP contribution in [0.1, 0.15) is 29.1 Å². The molecule has 1 saturated heterocycles. The lowest BCUT2D eigenvalue weighted by Gasteiger charge is -2.35.